The number of nitrogens with zero attached hydrogens (tertiary/aromatic N) is 4. The minimum absolute atomic E-state index is 0.0324. The zero-order valence-corrected chi connectivity index (χ0v) is 15.7. The topological polar surface area (TPSA) is 61.5 Å². The van der Waals surface area contributed by atoms with E-state index in [4.69, 9.17) is 4.74 Å². The van der Waals surface area contributed by atoms with Crippen molar-refractivity contribution in [1.82, 2.24) is 19.6 Å². The third-order valence-electron chi connectivity index (χ3n) is 4.13. The second-order valence-electron chi connectivity index (χ2n) is 6.25. The van der Waals surface area contributed by atoms with Crippen molar-refractivity contribution in [2.75, 3.05) is 6.61 Å². The van der Waals surface area contributed by atoms with Crippen molar-refractivity contribution in [2.24, 2.45) is 0 Å². The summed E-state index contributed by atoms with van der Waals surface area (Å²) >= 11 is 0. The Morgan fingerprint density at radius 2 is 1.86 bits per heavy atom. The molecule has 3 aromatic rings. The average molecular weight is 416 g/mol. The van der Waals surface area contributed by atoms with Gasteiger partial charge in [0, 0.05) is 11.8 Å². The first-order chi connectivity index (χ1) is 13.5. The van der Waals surface area contributed by atoms with Gasteiger partial charge >= 0.3 is 12.3 Å². The normalized spacial score (nSPS) is 13.7. The molecule has 0 N–H and O–H groups in total. The molecule has 0 aliphatic carbocycles. The molecule has 0 spiro atoms. The van der Waals surface area contributed by atoms with Crippen molar-refractivity contribution in [3.8, 4) is 17.0 Å². The van der Waals surface area contributed by atoms with Gasteiger partial charge in [0.25, 0.3) is 0 Å². The van der Waals surface area contributed by atoms with Gasteiger partial charge in [-0.2, -0.15) is 22.0 Å². The molecule has 0 amide bonds. The minimum Gasteiger partial charge on any atom is -0.481 e. The molecule has 0 saturated heterocycles. The summed E-state index contributed by atoms with van der Waals surface area (Å²) in [5.74, 6) is -0.667. The molecule has 0 aliphatic heterocycles. The molecule has 156 valence electrons. The molecule has 29 heavy (non-hydrogen) atoms. The maximum Gasteiger partial charge on any atom is 0.425 e. The van der Waals surface area contributed by atoms with Gasteiger partial charge in [-0.3, -0.25) is 9.38 Å². The summed E-state index contributed by atoms with van der Waals surface area (Å²) in [5, 5.41) is 7.14. The fraction of sp³-hybridized carbons (Fsp3) is 0.389. The third kappa shape index (κ3) is 4.29. The first-order valence-corrected chi connectivity index (χ1v) is 8.60. The Hall–Kier alpha value is -2.82. The van der Waals surface area contributed by atoms with Crippen LogP contribution < -0.4 is 4.74 Å². The summed E-state index contributed by atoms with van der Waals surface area (Å²) in [5.41, 5.74) is 1.48. The SMILES string of the molecule is CCOC(F)(F)c1nnc2cnc(-c3ccc(O[C@@H](C)C(F)(F)F)cc3C)cn12. The minimum atomic E-state index is -4.49. The predicted octanol–water partition coefficient (Wildman–Crippen LogP) is 4.52. The number of ether oxygens (including phenoxy) is 2. The maximum absolute atomic E-state index is 14.1. The molecular weight excluding hydrogens is 399 g/mol. The second-order valence-corrected chi connectivity index (χ2v) is 6.25. The van der Waals surface area contributed by atoms with Crippen LogP contribution in [0.15, 0.2) is 30.6 Å². The van der Waals surface area contributed by atoms with Crippen molar-refractivity contribution in [1.29, 1.82) is 0 Å². The number of halogens is 5. The molecule has 6 nitrogen and oxygen atoms in total. The molecule has 1 aromatic carbocycles. The molecule has 11 heteroatoms. The Labute approximate surface area is 162 Å². The van der Waals surface area contributed by atoms with Gasteiger partial charge < -0.3 is 9.47 Å². The number of aryl methyl sites for hydroxylation is 1. The number of hydrogen-bond donors (Lipinski definition) is 0. The van der Waals surface area contributed by atoms with E-state index in [0.29, 0.717) is 16.8 Å². The molecule has 1 atom stereocenters. The van der Waals surface area contributed by atoms with E-state index in [9.17, 15) is 22.0 Å². The van der Waals surface area contributed by atoms with Gasteiger partial charge in [-0.05, 0) is 44.5 Å². The van der Waals surface area contributed by atoms with Gasteiger partial charge in [0.15, 0.2) is 11.8 Å². The molecule has 2 aromatic heterocycles. The van der Waals surface area contributed by atoms with Crippen LogP contribution in [-0.4, -0.2) is 38.5 Å². The lowest BCUT2D eigenvalue weighted by molar-refractivity contribution is -0.251. The summed E-state index contributed by atoms with van der Waals surface area (Å²) in [6.45, 7) is 3.76. The van der Waals surface area contributed by atoms with Gasteiger partial charge in [-0.1, -0.05) is 0 Å². The highest BCUT2D eigenvalue weighted by Gasteiger charge is 2.39. The van der Waals surface area contributed by atoms with E-state index in [1.54, 1.807) is 6.92 Å². The van der Waals surface area contributed by atoms with Crippen LogP contribution in [0, 0.1) is 6.92 Å². The molecule has 0 saturated carbocycles. The third-order valence-corrected chi connectivity index (χ3v) is 4.13. The molecule has 0 bridgehead atoms. The van der Waals surface area contributed by atoms with Gasteiger partial charge in [0.1, 0.15) is 5.75 Å². The van der Waals surface area contributed by atoms with Crippen LogP contribution in [0.1, 0.15) is 25.2 Å². The van der Waals surface area contributed by atoms with Crippen molar-refractivity contribution in [3.63, 3.8) is 0 Å². The molecule has 0 fully saturated rings. The Morgan fingerprint density at radius 1 is 1.14 bits per heavy atom. The van der Waals surface area contributed by atoms with E-state index in [1.807, 2.05) is 0 Å². The summed E-state index contributed by atoms with van der Waals surface area (Å²) in [7, 11) is 0. The summed E-state index contributed by atoms with van der Waals surface area (Å²) in [4.78, 5) is 4.18. The monoisotopic (exact) mass is 416 g/mol. The highest BCUT2D eigenvalue weighted by molar-refractivity contribution is 5.65. The summed E-state index contributed by atoms with van der Waals surface area (Å²) < 4.78 is 76.7. The quantitative estimate of drug-likeness (QED) is 0.553. The van der Waals surface area contributed by atoms with E-state index in [0.717, 1.165) is 11.3 Å². The summed E-state index contributed by atoms with van der Waals surface area (Å²) in [6.07, 6.45) is -7.52. The van der Waals surface area contributed by atoms with Crippen LogP contribution in [0.25, 0.3) is 16.9 Å². The van der Waals surface area contributed by atoms with Crippen LogP contribution in [0.4, 0.5) is 22.0 Å². The smallest absolute Gasteiger partial charge is 0.425 e. The lowest BCUT2D eigenvalue weighted by Gasteiger charge is -2.18. The first-order valence-electron chi connectivity index (χ1n) is 8.60. The number of rotatable bonds is 6. The molecular formula is C18H17F5N4O2. The maximum atomic E-state index is 14.1. The van der Waals surface area contributed by atoms with Gasteiger partial charge in [0.05, 0.1) is 18.5 Å². The lowest BCUT2D eigenvalue weighted by atomic mass is 10.1. The zero-order valence-electron chi connectivity index (χ0n) is 15.7. The number of hydrogen-bond acceptors (Lipinski definition) is 5. The largest absolute Gasteiger partial charge is 0.481 e. The zero-order chi connectivity index (χ0) is 21.4. The van der Waals surface area contributed by atoms with Crippen LogP contribution in [0.3, 0.4) is 0 Å². The second kappa shape index (κ2) is 7.54. The fourth-order valence-electron chi connectivity index (χ4n) is 2.65. The number of alkyl halides is 5. The highest BCUT2D eigenvalue weighted by Crippen LogP contribution is 2.31. The van der Waals surface area contributed by atoms with Crippen LogP contribution in [0.5, 0.6) is 5.75 Å². The Morgan fingerprint density at radius 3 is 2.48 bits per heavy atom. The van der Waals surface area contributed by atoms with Gasteiger partial charge in [0.2, 0.25) is 5.82 Å². The predicted molar refractivity (Wildman–Crippen MR) is 92.6 cm³/mol. The van der Waals surface area contributed by atoms with E-state index in [1.165, 1.54) is 37.5 Å². The van der Waals surface area contributed by atoms with Crippen molar-refractivity contribution in [2.45, 2.75) is 39.2 Å². The number of aromatic nitrogens is 4. The Kier molecular flexibility index (Phi) is 5.44. The molecule has 0 unspecified atom stereocenters. The van der Waals surface area contributed by atoms with E-state index >= 15 is 0 Å². The Balaban J connectivity index is 1.96. The van der Waals surface area contributed by atoms with Gasteiger partial charge in [-0.15, -0.1) is 10.2 Å². The highest BCUT2D eigenvalue weighted by atomic mass is 19.4. The van der Waals surface area contributed by atoms with Crippen LogP contribution in [-0.2, 0) is 10.8 Å². The molecule has 2 heterocycles. The average Bonchev–Trinajstić information content (AvgIpc) is 3.05. The van der Waals surface area contributed by atoms with Crippen molar-refractivity contribution in [3.05, 3.63) is 42.0 Å². The van der Waals surface area contributed by atoms with Crippen LogP contribution >= 0.6 is 0 Å². The number of fused-ring (bicyclic) bond motifs is 1. The fourth-order valence-corrected chi connectivity index (χ4v) is 2.65. The molecule has 3 rings (SSSR count). The van der Waals surface area contributed by atoms with E-state index in [2.05, 4.69) is 19.9 Å². The van der Waals surface area contributed by atoms with Crippen LogP contribution in [0.2, 0.25) is 0 Å². The van der Waals surface area contributed by atoms with Gasteiger partial charge in [-0.25, -0.2) is 0 Å². The molecule has 0 radical (unpaired) electrons. The first kappa shape index (κ1) is 20.9. The Bertz CT molecular complexity index is 1020. The lowest BCUT2D eigenvalue weighted by Crippen LogP contribution is -2.31. The summed E-state index contributed by atoms with van der Waals surface area (Å²) in [6, 6.07) is 4.29. The number of benzene rings is 1. The standard InChI is InChI=1S/C18H17F5N4O2/c1-4-28-18(22,23)16-26-25-15-8-24-14(9-27(15)16)13-6-5-12(7-10(13)2)29-11(3)17(19,20)21/h5-9,11H,4H2,1-3H3/t11-/m0/s1. The molecule has 0 aliphatic rings. The van der Waals surface area contributed by atoms with Crippen molar-refractivity contribution >= 4 is 5.65 Å². The van der Waals surface area contributed by atoms with Crippen molar-refractivity contribution < 1.29 is 31.4 Å². The van der Waals surface area contributed by atoms with E-state index < -0.39 is 24.2 Å². The van der Waals surface area contributed by atoms with E-state index in [-0.39, 0.29) is 18.0 Å².